The number of hydrogen-bond acceptors (Lipinski definition) is 3. The lowest BCUT2D eigenvalue weighted by Gasteiger charge is -2.00. The number of rotatable bonds is 2. The maximum atomic E-state index is 10.6. The smallest absolute Gasteiger partial charge is 0.243 e. The summed E-state index contributed by atoms with van der Waals surface area (Å²) in [4.78, 5) is 14.4. The largest absolute Gasteiger partial charge is 0.259 e. The normalized spacial score (nSPS) is 11.7. The molecule has 0 spiro atoms. The summed E-state index contributed by atoms with van der Waals surface area (Å²) in [5.41, 5.74) is 1.78. The fraction of sp³-hybridized carbons (Fsp3) is 0.0833. The van der Waals surface area contributed by atoms with Crippen LogP contribution >= 0.6 is 0 Å². The highest BCUT2D eigenvalue weighted by atomic mass is 16.6. The first kappa shape index (κ1) is 10.3. The molecule has 1 heterocycles. The molecule has 2 rings (SSSR count). The van der Waals surface area contributed by atoms with E-state index >= 15 is 0 Å². The van der Waals surface area contributed by atoms with Crippen molar-refractivity contribution in [3.05, 3.63) is 57.9 Å². The fourth-order valence-corrected chi connectivity index (χ4v) is 1.52. The lowest BCUT2D eigenvalue weighted by molar-refractivity contribution is -0.422. The van der Waals surface area contributed by atoms with Gasteiger partial charge in [-0.25, -0.2) is 0 Å². The molecule has 0 aliphatic carbocycles. The summed E-state index contributed by atoms with van der Waals surface area (Å²) in [5.74, 6) is 0. The van der Waals surface area contributed by atoms with Gasteiger partial charge in [-0.2, -0.15) is 0 Å². The van der Waals surface area contributed by atoms with E-state index < -0.39 is 4.92 Å². The molecule has 0 unspecified atom stereocenters. The predicted molar refractivity (Wildman–Crippen MR) is 62.4 cm³/mol. The fourth-order valence-electron chi connectivity index (χ4n) is 1.52. The van der Waals surface area contributed by atoms with Crippen molar-refractivity contribution in [1.29, 1.82) is 0 Å². The molecule has 0 atom stereocenters. The summed E-state index contributed by atoms with van der Waals surface area (Å²) in [7, 11) is 0. The van der Waals surface area contributed by atoms with E-state index in [0.717, 1.165) is 16.5 Å². The van der Waals surface area contributed by atoms with Crippen molar-refractivity contribution >= 4 is 17.0 Å². The van der Waals surface area contributed by atoms with Gasteiger partial charge in [-0.1, -0.05) is 18.2 Å². The molecule has 0 saturated heterocycles. The molecular weight excluding hydrogens is 204 g/mol. The van der Waals surface area contributed by atoms with Crippen molar-refractivity contribution in [2.24, 2.45) is 0 Å². The van der Waals surface area contributed by atoms with E-state index in [-0.39, 0.29) is 5.70 Å². The number of fused-ring (bicyclic) bond motifs is 1. The number of pyridine rings is 1. The first-order chi connectivity index (χ1) is 7.68. The van der Waals surface area contributed by atoms with Gasteiger partial charge in [0.05, 0.1) is 10.4 Å². The van der Waals surface area contributed by atoms with Gasteiger partial charge >= 0.3 is 0 Å². The average molecular weight is 214 g/mol. The summed E-state index contributed by atoms with van der Waals surface area (Å²) >= 11 is 0. The van der Waals surface area contributed by atoms with Gasteiger partial charge in [0.15, 0.2) is 0 Å². The zero-order valence-corrected chi connectivity index (χ0v) is 8.75. The van der Waals surface area contributed by atoms with E-state index in [0.29, 0.717) is 0 Å². The predicted octanol–water partition coefficient (Wildman–Crippen LogP) is 2.87. The monoisotopic (exact) mass is 214 g/mol. The summed E-state index contributed by atoms with van der Waals surface area (Å²) in [6.45, 7) is 1.48. The molecule has 80 valence electrons. The zero-order chi connectivity index (χ0) is 11.5. The number of aromatic nitrogens is 1. The molecular formula is C12H10N2O2. The molecule has 1 aromatic carbocycles. The van der Waals surface area contributed by atoms with Crippen LogP contribution in [0.1, 0.15) is 12.5 Å². The lowest BCUT2D eigenvalue weighted by atomic mass is 10.1. The standard InChI is InChI=1S/C12H10N2O2/c1-9(14(15)16)8-10-6-7-13-12-5-3-2-4-11(10)12/h2-8H,1H3. The van der Waals surface area contributed by atoms with Crippen LogP contribution in [0.5, 0.6) is 0 Å². The Kier molecular flexibility index (Phi) is 2.64. The van der Waals surface area contributed by atoms with Crippen LogP contribution in [0.4, 0.5) is 0 Å². The Hall–Kier alpha value is -2.23. The van der Waals surface area contributed by atoms with Crippen molar-refractivity contribution in [2.75, 3.05) is 0 Å². The summed E-state index contributed by atoms with van der Waals surface area (Å²) in [5, 5.41) is 11.5. The van der Waals surface area contributed by atoms with Gasteiger partial charge in [-0.15, -0.1) is 0 Å². The first-order valence-electron chi connectivity index (χ1n) is 4.85. The molecule has 0 saturated carbocycles. The van der Waals surface area contributed by atoms with Crippen LogP contribution in [0.2, 0.25) is 0 Å². The van der Waals surface area contributed by atoms with Crippen LogP contribution in [0.3, 0.4) is 0 Å². The Balaban J connectivity index is 2.61. The first-order valence-corrected chi connectivity index (χ1v) is 4.85. The minimum atomic E-state index is -0.394. The van der Waals surface area contributed by atoms with Crippen molar-refractivity contribution in [3.8, 4) is 0 Å². The summed E-state index contributed by atoms with van der Waals surface area (Å²) in [6, 6.07) is 9.34. The SMILES string of the molecule is CC(=Cc1ccnc2ccccc12)[N+](=O)[O-]. The van der Waals surface area contributed by atoms with Gasteiger partial charge in [-0.05, 0) is 17.7 Å². The zero-order valence-electron chi connectivity index (χ0n) is 8.75. The van der Waals surface area contributed by atoms with Crippen LogP contribution in [0.15, 0.2) is 42.2 Å². The molecule has 4 heteroatoms. The van der Waals surface area contributed by atoms with Crippen LogP contribution in [0, 0.1) is 10.1 Å². The molecule has 0 amide bonds. The highest BCUT2D eigenvalue weighted by Crippen LogP contribution is 2.18. The molecule has 4 nitrogen and oxygen atoms in total. The molecule has 0 radical (unpaired) electrons. The minimum Gasteiger partial charge on any atom is -0.259 e. The van der Waals surface area contributed by atoms with Gasteiger partial charge in [0.25, 0.3) is 0 Å². The molecule has 0 fully saturated rings. The molecule has 2 aromatic rings. The molecule has 0 aliphatic rings. The number of allylic oxidation sites excluding steroid dienone is 1. The molecule has 0 N–H and O–H groups in total. The second-order valence-corrected chi connectivity index (χ2v) is 3.46. The van der Waals surface area contributed by atoms with E-state index in [9.17, 15) is 10.1 Å². The number of nitrogens with zero attached hydrogens (tertiary/aromatic N) is 2. The van der Waals surface area contributed by atoms with Gasteiger partial charge in [0.1, 0.15) is 0 Å². The summed E-state index contributed by atoms with van der Waals surface area (Å²) < 4.78 is 0. The Morgan fingerprint density at radius 3 is 2.88 bits per heavy atom. The highest BCUT2D eigenvalue weighted by Gasteiger charge is 2.04. The van der Waals surface area contributed by atoms with Gasteiger partial charge < -0.3 is 0 Å². The number of benzene rings is 1. The Morgan fingerprint density at radius 2 is 2.12 bits per heavy atom. The van der Waals surface area contributed by atoms with Crippen LogP contribution in [-0.4, -0.2) is 9.91 Å². The summed E-state index contributed by atoms with van der Waals surface area (Å²) in [6.07, 6.45) is 3.21. The topological polar surface area (TPSA) is 56.0 Å². The van der Waals surface area contributed by atoms with E-state index in [1.54, 1.807) is 18.3 Å². The van der Waals surface area contributed by atoms with Crippen molar-refractivity contribution in [1.82, 2.24) is 4.98 Å². The van der Waals surface area contributed by atoms with E-state index in [2.05, 4.69) is 4.98 Å². The highest BCUT2D eigenvalue weighted by molar-refractivity contribution is 5.87. The Morgan fingerprint density at radius 1 is 1.38 bits per heavy atom. The maximum Gasteiger partial charge on any atom is 0.243 e. The van der Waals surface area contributed by atoms with Crippen LogP contribution < -0.4 is 0 Å². The molecule has 16 heavy (non-hydrogen) atoms. The Bertz CT molecular complexity index is 571. The molecule has 1 aromatic heterocycles. The van der Waals surface area contributed by atoms with E-state index in [1.165, 1.54) is 6.92 Å². The third-order valence-corrected chi connectivity index (χ3v) is 2.34. The second-order valence-electron chi connectivity index (χ2n) is 3.46. The third kappa shape index (κ3) is 1.91. The maximum absolute atomic E-state index is 10.6. The van der Waals surface area contributed by atoms with Crippen molar-refractivity contribution in [2.45, 2.75) is 6.92 Å². The van der Waals surface area contributed by atoms with Crippen molar-refractivity contribution in [3.63, 3.8) is 0 Å². The molecule has 0 bridgehead atoms. The van der Waals surface area contributed by atoms with Crippen LogP contribution in [0.25, 0.3) is 17.0 Å². The second kappa shape index (κ2) is 4.10. The number of nitro groups is 1. The van der Waals surface area contributed by atoms with Gasteiger partial charge in [0.2, 0.25) is 5.70 Å². The average Bonchev–Trinajstić information content (AvgIpc) is 2.29. The van der Waals surface area contributed by atoms with Crippen molar-refractivity contribution < 1.29 is 4.92 Å². The molecule has 0 aliphatic heterocycles. The quantitative estimate of drug-likeness (QED) is 0.570. The van der Waals surface area contributed by atoms with Gasteiger partial charge in [0, 0.05) is 24.6 Å². The number of hydrogen-bond donors (Lipinski definition) is 0. The van der Waals surface area contributed by atoms with E-state index in [1.807, 2.05) is 24.3 Å². The number of para-hydroxylation sites is 1. The Labute approximate surface area is 92.4 Å². The van der Waals surface area contributed by atoms with Gasteiger partial charge in [-0.3, -0.25) is 15.1 Å². The third-order valence-electron chi connectivity index (χ3n) is 2.34. The van der Waals surface area contributed by atoms with Crippen LogP contribution in [-0.2, 0) is 0 Å². The van der Waals surface area contributed by atoms with E-state index in [4.69, 9.17) is 0 Å². The minimum absolute atomic E-state index is 0.122. The lowest BCUT2D eigenvalue weighted by Crippen LogP contribution is -1.93.